The Bertz CT molecular complexity index is 643. The van der Waals surface area contributed by atoms with E-state index in [-0.39, 0.29) is 11.5 Å². The molecule has 1 amide bonds. The van der Waals surface area contributed by atoms with Gasteiger partial charge >= 0.3 is 0 Å². The van der Waals surface area contributed by atoms with E-state index in [9.17, 15) is 9.59 Å². The van der Waals surface area contributed by atoms with Crippen LogP contribution in [0.5, 0.6) is 0 Å². The lowest BCUT2D eigenvalue weighted by molar-refractivity contribution is -0.118. The maximum atomic E-state index is 11.6. The number of pyridine rings is 1. The maximum absolute atomic E-state index is 11.6. The van der Waals surface area contributed by atoms with Crippen molar-refractivity contribution < 1.29 is 4.79 Å². The Kier molecular flexibility index (Phi) is 3.00. The molecule has 17 heavy (non-hydrogen) atoms. The van der Waals surface area contributed by atoms with Gasteiger partial charge in [0.25, 0.3) is 5.56 Å². The van der Waals surface area contributed by atoms with E-state index >= 15 is 0 Å². The Labute approximate surface area is 97.2 Å². The van der Waals surface area contributed by atoms with Crippen LogP contribution in [0.1, 0.15) is 12.5 Å². The predicted molar refractivity (Wildman–Crippen MR) is 66.0 cm³/mol. The molecule has 0 bridgehead atoms. The number of hydrogen-bond donors (Lipinski definition) is 2. The number of benzene rings is 1. The Hall–Kier alpha value is -2.43. The molecule has 0 atom stereocenters. The zero-order valence-electron chi connectivity index (χ0n) is 9.23. The molecule has 0 unspecified atom stereocenters. The first-order chi connectivity index (χ1) is 8.16. The fourth-order valence-electron chi connectivity index (χ4n) is 1.45. The molecule has 0 saturated carbocycles. The number of hydrogen-bond acceptors (Lipinski definition) is 3. The summed E-state index contributed by atoms with van der Waals surface area (Å²) in [6.07, 6.45) is 1.33. The number of aromatic amines is 1. The molecule has 2 N–H and O–H groups in total. The molecular formula is C12H11N3O2. The largest absolute Gasteiger partial charge is 0.321 e. The summed E-state index contributed by atoms with van der Waals surface area (Å²) in [5.41, 5.74) is 3.18. The van der Waals surface area contributed by atoms with E-state index in [0.717, 1.165) is 10.9 Å². The smallest absolute Gasteiger partial charge is 0.257 e. The number of para-hydroxylation sites is 1. The third-order valence-electron chi connectivity index (χ3n) is 2.21. The summed E-state index contributed by atoms with van der Waals surface area (Å²) in [5.74, 6) is -0.279. The predicted octanol–water partition coefficient (Wildman–Crippen LogP) is 0.998. The first kappa shape index (κ1) is 11.1. The van der Waals surface area contributed by atoms with Crippen LogP contribution in [0.2, 0.25) is 0 Å². The molecule has 0 aliphatic carbocycles. The van der Waals surface area contributed by atoms with E-state index in [2.05, 4.69) is 15.5 Å². The van der Waals surface area contributed by atoms with Crippen LogP contribution in [0.15, 0.2) is 40.2 Å². The number of hydrazone groups is 1. The molecule has 86 valence electrons. The van der Waals surface area contributed by atoms with Gasteiger partial charge in [0.05, 0.1) is 11.8 Å². The lowest BCUT2D eigenvalue weighted by atomic mass is 10.2. The van der Waals surface area contributed by atoms with Crippen LogP contribution in [0.4, 0.5) is 0 Å². The van der Waals surface area contributed by atoms with Gasteiger partial charge in [0.2, 0.25) is 5.91 Å². The normalized spacial score (nSPS) is 10.9. The molecular weight excluding hydrogens is 218 g/mol. The first-order valence-corrected chi connectivity index (χ1v) is 5.08. The van der Waals surface area contributed by atoms with Crippen LogP contribution < -0.4 is 11.0 Å². The standard InChI is InChI=1S/C12H11N3O2/c1-8(16)15-13-7-10-6-9-4-2-3-5-11(9)14-12(10)17/h2-7H,1H3,(H,14,17)(H,15,16)/b13-7+. The highest BCUT2D eigenvalue weighted by Crippen LogP contribution is 2.08. The highest BCUT2D eigenvalue weighted by Gasteiger charge is 1.99. The van der Waals surface area contributed by atoms with Crippen molar-refractivity contribution >= 4 is 23.0 Å². The van der Waals surface area contributed by atoms with Crippen molar-refractivity contribution in [1.29, 1.82) is 0 Å². The fourth-order valence-corrected chi connectivity index (χ4v) is 1.45. The second-order valence-electron chi connectivity index (χ2n) is 3.57. The van der Waals surface area contributed by atoms with Gasteiger partial charge in [-0.15, -0.1) is 0 Å². The molecule has 1 aromatic carbocycles. The van der Waals surface area contributed by atoms with E-state index in [0.29, 0.717) is 5.56 Å². The summed E-state index contributed by atoms with van der Waals surface area (Å²) in [6, 6.07) is 9.17. The van der Waals surface area contributed by atoms with E-state index in [1.54, 1.807) is 6.07 Å². The van der Waals surface area contributed by atoms with Crippen molar-refractivity contribution in [2.24, 2.45) is 5.10 Å². The van der Waals surface area contributed by atoms with Gasteiger partial charge in [-0.25, -0.2) is 5.43 Å². The van der Waals surface area contributed by atoms with Crippen LogP contribution in [-0.2, 0) is 4.79 Å². The van der Waals surface area contributed by atoms with Crippen molar-refractivity contribution in [3.8, 4) is 0 Å². The molecule has 5 heteroatoms. The average Bonchev–Trinajstić information content (AvgIpc) is 2.29. The second kappa shape index (κ2) is 4.61. The molecule has 0 spiro atoms. The summed E-state index contributed by atoms with van der Waals surface area (Å²) < 4.78 is 0. The van der Waals surface area contributed by atoms with Crippen LogP contribution in [-0.4, -0.2) is 17.1 Å². The summed E-state index contributed by atoms with van der Waals surface area (Å²) in [5, 5.41) is 4.58. The van der Waals surface area contributed by atoms with Gasteiger partial charge in [-0.3, -0.25) is 9.59 Å². The monoisotopic (exact) mass is 229 g/mol. The lowest BCUT2D eigenvalue weighted by Crippen LogP contribution is -2.16. The zero-order chi connectivity index (χ0) is 12.3. The third kappa shape index (κ3) is 2.57. The molecule has 1 aromatic heterocycles. The molecule has 2 rings (SSSR count). The van der Waals surface area contributed by atoms with Gasteiger partial charge in [-0.2, -0.15) is 5.10 Å². The number of carbonyl (C=O) groups excluding carboxylic acids is 1. The fraction of sp³-hybridized carbons (Fsp3) is 0.0833. The highest BCUT2D eigenvalue weighted by molar-refractivity contribution is 5.88. The van der Waals surface area contributed by atoms with E-state index < -0.39 is 0 Å². The number of aromatic nitrogens is 1. The summed E-state index contributed by atoms with van der Waals surface area (Å²) in [4.78, 5) is 25.0. The van der Waals surface area contributed by atoms with Crippen LogP contribution in [0, 0.1) is 0 Å². The van der Waals surface area contributed by atoms with Gasteiger partial charge < -0.3 is 4.98 Å². The number of fused-ring (bicyclic) bond motifs is 1. The number of carbonyl (C=O) groups is 1. The van der Waals surface area contributed by atoms with E-state index in [1.807, 2.05) is 24.3 Å². The Morgan fingerprint density at radius 1 is 1.41 bits per heavy atom. The highest BCUT2D eigenvalue weighted by atomic mass is 16.2. The van der Waals surface area contributed by atoms with Gasteiger partial charge in [0.1, 0.15) is 0 Å². The van der Waals surface area contributed by atoms with Gasteiger partial charge in [0, 0.05) is 12.4 Å². The minimum absolute atomic E-state index is 0.238. The summed E-state index contributed by atoms with van der Waals surface area (Å²) in [6.45, 7) is 1.35. The second-order valence-corrected chi connectivity index (χ2v) is 3.57. The Morgan fingerprint density at radius 3 is 2.94 bits per heavy atom. The van der Waals surface area contributed by atoms with Crippen LogP contribution >= 0.6 is 0 Å². The minimum Gasteiger partial charge on any atom is -0.321 e. The number of H-pyrrole nitrogens is 1. The molecule has 2 aromatic rings. The number of nitrogens with one attached hydrogen (secondary N) is 2. The number of amides is 1. The molecule has 0 saturated heterocycles. The number of rotatable bonds is 2. The molecule has 0 aliphatic heterocycles. The van der Waals surface area contributed by atoms with Gasteiger partial charge in [0.15, 0.2) is 0 Å². The molecule has 5 nitrogen and oxygen atoms in total. The maximum Gasteiger partial charge on any atom is 0.257 e. The van der Waals surface area contributed by atoms with Crippen molar-refractivity contribution in [2.75, 3.05) is 0 Å². The Morgan fingerprint density at radius 2 is 2.18 bits per heavy atom. The van der Waals surface area contributed by atoms with Crippen molar-refractivity contribution in [2.45, 2.75) is 6.92 Å². The molecule has 0 fully saturated rings. The van der Waals surface area contributed by atoms with Crippen LogP contribution in [0.25, 0.3) is 10.9 Å². The van der Waals surface area contributed by atoms with E-state index in [1.165, 1.54) is 13.1 Å². The summed E-state index contributed by atoms with van der Waals surface area (Å²) >= 11 is 0. The van der Waals surface area contributed by atoms with Crippen LogP contribution in [0.3, 0.4) is 0 Å². The van der Waals surface area contributed by atoms with Gasteiger partial charge in [-0.05, 0) is 17.5 Å². The van der Waals surface area contributed by atoms with Crippen molar-refractivity contribution in [3.63, 3.8) is 0 Å². The SMILES string of the molecule is CC(=O)N/N=C/c1cc2ccccc2[nH]c1=O. The van der Waals surface area contributed by atoms with E-state index in [4.69, 9.17) is 0 Å². The zero-order valence-corrected chi connectivity index (χ0v) is 9.23. The van der Waals surface area contributed by atoms with Crippen molar-refractivity contribution in [1.82, 2.24) is 10.4 Å². The quantitative estimate of drug-likeness (QED) is 0.595. The third-order valence-corrected chi connectivity index (χ3v) is 2.21. The average molecular weight is 229 g/mol. The topological polar surface area (TPSA) is 74.3 Å². The number of nitrogens with zero attached hydrogens (tertiary/aromatic N) is 1. The van der Waals surface area contributed by atoms with Crippen molar-refractivity contribution in [3.05, 3.63) is 46.2 Å². The lowest BCUT2D eigenvalue weighted by Gasteiger charge is -1.98. The molecule has 0 radical (unpaired) electrons. The molecule has 0 aliphatic rings. The van der Waals surface area contributed by atoms with Gasteiger partial charge in [-0.1, -0.05) is 18.2 Å². The Balaban J connectivity index is 2.41. The summed E-state index contributed by atoms with van der Waals surface area (Å²) in [7, 11) is 0. The molecule has 1 heterocycles. The minimum atomic E-state index is -0.279. The first-order valence-electron chi connectivity index (χ1n) is 5.08.